The fraction of sp³-hybridized carbons (Fsp3) is 0.750. The van der Waals surface area contributed by atoms with Crippen LogP contribution in [-0.2, 0) is 11.3 Å². The molecule has 0 atom stereocenters. The van der Waals surface area contributed by atoms with E-state index in [1.54, 1.807) is 0 Å². The molecule has 6 nitrogen and oxygen atoms in total. The predicted octanol–water partition coefficient (Wildman–Crippen LogP) is 4.35. The van der Waals surface area contributed by atoms with Crippen LogP contribution in [0.15, 0.2) is 29.4 Å². The predicted molar refractivity (Wildman–Crippen MR) is 139 cm³/mol. The second kappa shape index (κ2) is 15.8. The fourth-order valence-electron chi connectivity index (χ4n) is 4.44. The molecule has 31 heavy (non-hydrogen) atoms. The van der Waals surface area contributed by atoms with E-state index in [-0.39, 0.29) is 24.0 Å². The highest BCUT2D eigenvalue weighted by Gasteiger charge is 2.20. The molecular weight excluding hydrogens is 501 g/mol. The third kappa shape index (κ3) is 10.5. The van der Waals surface area contributed by atoms with Gasteiger partial charge in [0.05, 0.1) is 11.8 Å². The van der Waals surface area contributed by atoms with Gasteiger partial charge >= 0.3 is 0 Å². The van der Waals surface area contributed by atoms with Crippen molar-refractivity contribution < 1.29 is 4.74 Å². The Morgan fingerprint density at radius 1 is 1.10 bits per heavy atom. The van der Waals surface area contributed by atoms with Gasteiger partial charge in [-0.1, -0.05) is 25.3 Å². The molecule has 1 aromatic heterocycles. The third-order valence-electron chi connectivity index (χ3n) is 6.28. The molecule has 0 aromatic carbocycles. The van der Waals surface area contributed by atoms with Gasteiger partial charge in [0.25, 0.3) is 0 Å². The number of ether oxygens (including phenoxy) is 1. The van der Waals surface area contributed by atoms with Crippen LogP contribution in [0.3, 0.4) is 0 Å². The minimum Gasteiger partial charge on any atom is -0.378 e. The quantitative estimate of drug-likeness (QED) is 0.199. The molecule has 3 rings (SSSR count). The second-order valence-corrected chi connectivity index (χ2v) is 8.71. The highest BCUT2D eigenvalue weighted by molar-refractivity contribution is 14.0. The van der Waals surface area contributed by atoms with E-state index in [0.29, 0.717) is 12.1 Å². The van der Waals surface area contributed by atoms with Crippen LogP contribution in [0.1, 0.15) is 69.9 Å². The van der Waals surface area contributed by atoms with E-state index in [0.717, 1.165) is 63.7 Å². The minimum atomic E-state index is 0. The van der Waals surface area contributed by atoms with E-state index in [9.17, 15) is 0 Å². The van der Waals surface area contributed by atoms with Gasteiger partial charge in [-0.15, -0.1) is 24.0 Å². The van der Waals surface area contributed by atoms with E-state index in [2.05, 4.69) is 37.6 Å². The zero-order valence-corrected chi connectivity index (χ0v) is 21.6. The maximum absolute atomic E-state index is 6.01. The van der Waals surface area contributed by atoms with E-state index in [1.807, 2.05) is 19.3 Å². The Kier molecular flexibility index (Phi) is 13.4. The van der Waals surface area contributed by atoms with Gasteiger partial charge in [0.15, 0.2) is 5.96 Å². The lowest BCUT2D eigenvalue weighted by Gasteiger charge is -2.32. The van der Waals surface area contributed by atoms with Crippen molar-refractivity contribution in [2.45, 2.75) is 82.9 Å². The smallest absolute Gasteiger partial charge is 0.191 e. The van der Waals surface area contributed by atoms with Crippen molar-refractivity contribution in [2.75, 3.05) is 33.3 Å². The first-order chi connectivity index (χ1) is 14.8. The molecule has 176 valence electrons. The number of nitrogens with one attached hydrogen (secondary N) is 2. The van der Waals surface area contributed by atoms with Crippen molar-refractivity contribution in [2.24, 2.45) is 4.99 Å². The first-order valence-electron chi connectivity index (χ1n) is 12.0. The van der Waals surface area contributed by atoms with Crippen LogP contribution >= 0.6 is 24.0 Å². The molecule has 0 unspecified atom stereocenters. The number of rotatable bonds is 10. The van der Waals surface area contributed by atoms with Gasteiger partial charge in [0, 0.05) is 52.1 Å². The number of halogens is 1. The molecule has 7 heteroatoms. The Balaban J connectivity index is 0.00000341. The summed E-state index contributed by atoms with van der Waals surface area (Å²) < 4.78 is 6.01. The number of unbranched alkanes of at least 4 members (excludes halogenated alkanes) is 2. The second-order valence-electron chi connectivity index (χ2n) is 8.71. The van der Waals surface area contributed by atoms with Crippen LogP contribution in [0.25, 0.3) is 0 Å². The molecule has 1 saturated heterocycles. The first kappa shape index (κ1) is 26.3. The van der Waals surface area contributed by atoms with E-state index in [1.165, 1.54) is 44.9 Å². The van der Waals surface area contributed by atoms with Crippen LogP contribution in [0, 0.1) is 0 Å². The highest BCUT2D eigenvalue weighted by Crippen LogP contribution is 2.20. The minimum absolute atomic E-state index is 0. The van der Waals surface area contributed by atoms with E-state index < -0.39 is 0 Å². The number of guanidine groups is 1. The van der Waals surface area contributed by atoms with Crippen molar-refractivity contribution in [3.63, 3.8) is 0 Å². The van der Waals surface area contributed by atoms with Gasteiger partial charge in [-0.05, 0) is 57.1 Å². The Labute approximate surface area is 206 Å². The lowest BCUT2D eigenvalue weighted by molar-refractivity contribution is 0.0264. The summed E-state index contributed by atoms with van der Waals surface area (Å²) in [5.41, 5.74) is 1.16. The molecule has 2 N–H and O–H groups in total. The molecule has 1 aromatic rings. The van der Waals surface area contributed by atoms with E-state index in [4.69, 9.17) is 4.74 Å². The third-order valence-corrected chi connectivity index (χ3v) is 6.28. The Hall–Kier alpha value is -0.930. The Morgan fingerprint density at radius 3 is 2.61 bits per heavy atom. The van der Waals surface area contributed by atoms with Gasteiger partial charge < -0.3 is 15.4 Å². The monoisotopic (exact) mass is 543 g/mol. The van der Waals surface area contributed by atoms with Crippen molar-refractivity contribution in [3.05, 3.63) is 30.1 Å². The molecule has 0 radical (unpaired) electrons. The molecule has 1 aliphatic carbocycles. The first-order valence-corrected chi connectivity index (χ1v) is 12.0. The summed E-state index contributed by atoms with van der Waals surface area (Å²) in [7, 11) is 1.86. The maximum atomic E-state index is 6.01. The zero-order valence-electron chi connectivity index (χ0n) is 19.2. The average molecular weight is 544 g/mol. The van der Waals surface area contributed by atoms with Crippen molar-refractivity contribution in [1.29, 1.82) is 0 Å². The number of aromatic nitrogens is 1. The molecule has 2 heterocycles. The summed E-state index contributed by atoms with van der Waals surface area (Å²) >= 11 is 0. The number of likely N-dealkylation sites (tertiary alicyclic amines) is 1. The average Bonchev–Trinajstić information content (AvgIpc) is 2.80. The number of aliphatic imine (C=N–C) groups is 1. The molecule has 2 fully saturated rings. The van der Waals surface area contributed by atoms with Gasteiger partial charge in [0.1, 0.15) is 0 Å². The maximum Gasteiger partial charge on any atom is 0.191 e. The molecule has 1 aliphatic heterocycles. The molecule has 1 saturated carbocycles. The van der Waals surface area contributed by atoms with Crippen LogP contribution < -0.4 is 10.6 Å². The molecule has 0 amide bonds. The number of pyridine rings is 1. The van der Waals surface area contributed by atoms with Crippen molar-refractivity contribution in [1.82, 2.24) is 20.5 Å². The summed E-state index contributed by atoms with van der Waals surface area (Å²) in [6.07, 6.45) is 14.9. The summed E-state index contributed by atoms with van der Waals surface area (Å²) in [4.78, 5) is 11.3. The van der Waals surface area contributed by atoms with Gasteiger partial charge in [-0.2, -0.15) is 0 Å². The van der Waals surface area contributed by atoms with Gasteiger partial charge in [0.2, 0.25) is 0 Å². The molecule has 0 spiro atoms. The number of nitrogens with zero attached hydrogens (tertiary/aromatic N) is 3. The van der Waals surface area contributed by atoms with Crippen molar-refractivity contribution in [3.8, 4) is 0 Å². The lowest BCUT2D eigenvalue weighted by Crippen LogP contribution is -2.48. The Morgan fingerprint density at radius 2 is 1.90 bits per heavy atom. The molecule has 0 bridgehead atoms. The summed E-state index contributed by atoms with van der Waals surface area (Å²) in [5.74, 6) is 0.941. The number of hydrogen-bond donors (Lipinski definition) is 2. The van der Waals surface area contributed by atoms with Gasteiger partial charge in [-0.25, -0.2) is 0 Å². The van der Waals surface area contributed by atoms with Crippen molar-refractivity contribution >= 4 is 29.9 Å². The van der Waals surface area contributed by atoms with Crippen LogP contribution in [0.5, 0.6) is 0 Å². The SMILES string of the molecule is CN=C(NCCCCCOC1CCCCC1)NC1CCN(Cc2ccccn2)CC1.I. The van der Waals surface area contributed by atoms with E-state index >= 15 is 0 Å². The highest BCUT2D eigenvalue weighted by atomic mass is 127. The lowest BCUT2D eigenvalue weighted by atomic mass is 9.98. The number of hydrogen-bond acceptors (Lipinski definition) is 4. The standard InChI is InChI=1S/C24H41N5O.HI/c1-25-24(27-16-7-3-9-19-30-23-11-4-2-5-12-23)28-21-13-17-29(18-14-21)20-22-10-6-8-15-26-22;/h6,8,10,15,21,23H,2-5,7,9,11-14,16-20H2,1H3,(H2,25,27,28);1H. The fourth-order valence-corrected chi connectivity index (χ4v) is 4.44. The number of piperidine rings is 1. The van der Waals surface area contributed by atoms with Crippen LogP contribution in [0.2, 0.25) is 0 Å². The molecule has 2 aliphatic rings. The Bertz CT molecular complexity index is 601. The van der Waals surface area contributed by atoms with Crippen LogP contribution in [-0.4, -0.2) is 61.3 Å². The topological polar surface area (TPSA) is 61.8 Å². The largest absolute Gasteiger partial charge is 0.378 e. The summed E-state index contributed by atoms with van der Waals surface area (Å²) in [5, 5.41) is 7.09. The normalized spacial score (nSPS) is 19.1. The summed E-state index contributed by atoms with van der Waals surface area (Å²) in [6.45, 7) is 5.06. The van der Waals surface area contributed by atoms with Gasteiger partial charge in [-0.3, -0.25) is 14.9 Å². The zero-order chi connectivity index (χ0) is 20.9. The summed E-state index contributed by atoms with van der Waals surface area (Å²) in [6, 6.07) is 6.65. The van der Waals surface area contributed by atoms with Crippen LogP contribution in [0.4, 0.5) is 0 Å². The molecular formula is C24H42IN5O.